The van der Waals surface area contributed by atoms with Crippen LogP contribution >= 0.6 is 22.9 Å². The first-order chi connectivity index (χ1) is 12.7. The second kappa shape index (κ2) is 7.06. The van der Waals surface area contributed by atoms with Gasteiger partial charge in [0, 0.05) is 17.1 Å². The predicted octanol–water partition coefficient (Wildman–Crippen LogP) is 5.66. The van der Waals surface area contributed by atoms with Crippen LogP contribution in [-0.2, 0) is 6.54 Å². The minimum absolute atomic E-state index is 0.224. The van der Waals surface area contributed by atoms with Crippen LogP contribution in [0.4, 0.5) is 0 Å². The van der Waals surface area contributed by atoms with Crippen LogP contribution in [0, 0.1) is 0 Å². The minimum Gasteiger partial charge on any atom is -0.316 e. The quantitative estimate of drug-likeness (QED) is 0.451. The molecule has 26 heavy (non-hydrogen) atoms. The Balaban J connectivity index is 1.83. The minimum atomic E-state index is -0.224. The number of carbonyl (C=O) groups is 1. The molecule has 0 bridgehead atoms. The summed E-state index contributed by atoms with van der Waals surface area (Å²) in [7, 11) is 0. The molecule has 0 aliphatic heterocycles. The maximum Gasteiger partial charge on any atom is 0.279 e. The van der Waals surface area contributed by atoms with Gasteiger partial charge in [0.15, 0.2) is 4.80 Å². The number of amides is 1. The van der Waals surface area contributed by atoms with Gasteiger partial charge in [-0.15, -0.1) is 0 Å². The van der Waals surface area contributed by atoms with Crippen LogP contribution in [-0.4, -0.2) is 10.5 Å². The van der Waals surface area contributed by atoms with Crippen LogP contribution in [0.5, 0.6) is 0 Å². The molecule has 0 aliphatic rings. The van der Waals surface area contributed by atoms with Crippen molar-refractivity contribution in [3.8, 4) is 0 Å². The number of hydrogen-bond acceptors (Lipinski definition) is 2. The highest BCUT2D eigenvalue weighted by atomic mass is 35.5. The van der Waals surface area contributed by atoms with Crippen molar-refractivity contribution >= 4 is 49.8 Å². The van der Waals surface area contributed by atoms with Crippen LogP contribution in [0.25, 0.3) is 21.0 Å². The van der Waals surface area contributed by atoms with E-state index in [2.05, 4.69) is 16.5 Å². The molecule has 0 saturated heterocycles. The first-order valence-corrected chi connectivity index (χ1v) is 9.72. The molecule has 0 aliphatic carbocycles. The Labute approximate surface area is 160 Å². The monoisotopic (exact) mass is 380 g/mol. The zero-order valence-corrected chi connectivity index (χ0v) is 15.8. The van der Waals surface area contributed by atoms with E-state index in [1.807, 2.05) is 60.7 Å². The lowest BCUT2D eigenvalue weighted by atomic mass is 10.1. The Morgan fingerprint density at radius 2 is 1.88 bits per heavy atom. The van der Waals surface area contributed by atoms with E-state index in [9.17, 15) is 4.79 Å². The van der Waals surface area contributed by atoms with Crippen LogP contribution in [0.3, 0.4) is 0 Å². The Hall–Kier alpha value is -2.43. The highest BCUT2D eigenvalue weighted by Crippen LogP contribution is 2.22. The number of aromatic nitrogens is 1. The summed E-state index contributed by atoms with van der Waals surface area (Å²) in [5, 5.41) is 2.84. The van der Waals surface area contributed by atoms with Crippen molar-refractivity contribution in [2.45, 2.75) is 19.9 Å². The van der Waals surface area contributed by atoms with Crippen molar-refractivity contribution in [1.29, 1.82) is 0 Å². The number of rotatable bonds is 3. The van der Waals surface area contributed by atoms with Crippen molar-refractivity contribution in [2.75, 3.05) is 0 Å². The van der Waals surface area contributed by atoms with Crippen LogP contribution in [0.2, 0.25) is 5.02 Å². The summed E-state index contributed by atoms with van der Waals surface area (Å²) in [5.74, 6) is -0.224. The molecule has 3 nitrogen and oxygen atoms in total. The molecule has 1 heterocycles. The average Bonchev–Trinajstić information content (AvgIpc) is 2.98. The summed E-state index contributed by atoms with van der Waals surface area (Å²) in [6, 6.07) is 19.5. The molecule has 0 N–H and O–H groups in total. The summed E-state index contributed by atoms with van der Waals surface area (Å²) in [4.78, 5) is 17.9. The second-order valence-corrected chi connectivity index (χ2v) is 7.57. The van der Waals surface area contributed by atoms with Gasteiger partial charge in [-0.3, -0.25) is 4.79 Å². The molecule has 0 unspecified atom stereocenters. The average molecular weight is 381 g/mol. The number of halogens is 1. The largest absolute Gasteiger partial charge is 0.316 e. The number of aryl methyl sites for hydroxylation is 1. The molecule has 0 atom stereocenters. The van der Waals surface area contributed by atoms with E-state index in [-0.39, 0.29) is 5.91 Å². The lowest BCUT2D eigenvalue weighted by Gasteiger charge is -2.03. The molecule has 0 saturated carbocycles. The van der Waals surface area contributed by atoms with E-state index in [1.165, 1.54) is 11.3 Å². The van der Waals surface area contributed by atoms with E-state index in [4.69, 9.17) is 11.6 Å². The lowest BCUT2D eigenvalue weighted by molar-refractivity contribution is 0.0998. The smallest absolute Gasteiger partial charge is 0.279 e. The third-order valence-electron chi connectivity index (χ3n) is 4.29. The summed E-state index contributed by atoms with van der Waals surface area (Å²) < 4.78 is 3.13. The number of hydrogen-bond donors (Lipinski definition) is 0. The number of carbonyl (C=O) groups excluding carboxylic acids is 1. The molecule has 130 valence electrons. The number of thiazole rings is 1. The van der Waals surface area contributed by atoms with E-state index < -0.39 is 0 Å². The molecule has 1 amide bonds. The molecule has 0 spiro atoms. The Morgan fingerprint density at radius 3 is 2.69 bits per heavy atom. The first-order valence-electron chi connectivity index (χ1n) is 8.52. The molecule has 0 fully saturated rings. The second-order valence-electron chi connectivity index (χ2n) is 6.13. The van der Waals surface area contributed by atoms with Crippen molar-refractivity contribution < 1.29 is 4.79 Å². The van der Waals surface area contributed by atoms with Gasteiger partial charge in [0.1, 0.15) is 0 Å². The van der Waals surface area contributed by atoms with E-state index >= 15 is 0 Å². The molecule has 4 aromatic rings. The summed E-state index contributed by atoms with van der Waals surface area (Å²) in [5.41, 5.74) is 1.66. The fourth-order valence-corrected chi connectivity index (χ4v) is 4.38. The van der Waals surface area contributed by atoms with Gasteiger partial charge in [0.05, 0.1) is 10.2 Å². The SMILES string of the molecule is CCCn1c(=NC(=O)c2ccc3ccccc3c2)sc2cc(Cl)ccc21. The lowest BCUT2D eigenvalue weighted by Crippen LogP contribution is -2.16. The molecular weight excluding hydrogens is 364 g/mol. The third-order valence-corrected chi connectivity index (χ3v) is 5.56. The van der Waals surface area contributed by atoms with Crippen molar-refractivity contribution in [3.05, 3.63) is 76.1 Å². The van der Waals surface area contributed by atoms with Gasteiger partial charge >= 0.3 is 0 Å². The molecular formula is C21H17ClN2OS. The first kappa shape index (κ1) is 17.0. The predicted molar refractivity (Wildman–Crippen MR) is 109 cm³/mol. The number of fused-ring (bicyclic) bond motifs is 2. The standard InChI is InChI=1S/C21H17ClN2OS/c1-2-11-24-18-10-9-17(22)13-19(18)26-21(24)23-20(25)16-8-7-14-5-3-4-6-15(14)12-16/h3-10,12-13H,2,11H2,1H3. The molecule has 4 rings (SSSR count). The highest BCUT2D eigenvalue weighted by Gasteiger charge is 2.10. The fraction of sp³-hybridized carbons (Fsp3) is 0.143. The maximum atomic E-state index is 12.8. The molecule has 5 heteroatoms. The summed E-state index contributed by atoms with van der Waals surface area (Å²) >= 11 is 7.61. The van der Waals surface area contributed by atoms with E-state index in [1.54, 1.807) is 0 Å². The normalized spacial score (nSPS) is 12.2. The van der Waals surface area contributed by atoms with Gasteiger partial charge in [-0.2, -0.15) is 4.99 Å². The van der Waals surface area contributed by atoms with Gasteiger partial charge in [0.25, 0.3) is 5.91 Å². The maximum absolute atomic E-state index is 12.8. The van der Waals surface area contributed by atoms with E-state index in [0.29, 0.717) is 15.4 Å². The Morgan fingerprint density at radius 1 is 1.08 bits per heavy atom. The number of nitrogens with zero attached hydrogens (tertiary/aromatic N) is 2. The van der Waals surface area contributed by atoms with Crippen LogP contribution < -0.4 is 4.80 Å². The third kappa shape index (κ3) is 3.18. The molecule has 3 aromatic carbocycles. The summed E-state index contributed by atoms with van der Waals surface area (Å²) in [6.07, 6.45) is 0.964. The van der Waals surface area contributed by atoms with Gasteiger partial charge < -0.3 is 4.57 Å². The molecule has 0 radical (unpaired) electrons. The highest BCUT2D eigenvalue weighted by molar-refractivity contribution is 7.16. The zero-order valence-electron chi connectivity index (χ0n) is 14.3. The van der Waals surface area contributed by atoms with Gasteiger partial charge in [0.2, 0.25) is 0 Å². The summed E-state index contributed by atoms with van der Waals surface area (Å²) in [6.45, 7) is 2.92. The van der Waals surface area contributed by atoms with Gasteiger partial charge in [-0.05, 0) is 47.5 Å². The van der Waals surface area contributed by atoms with Crippen LogP contribution in [0.1, 0.15) is 23.7 Å². The van der Waals surface area contributed by atoms with E-state index in [0.717, 1.165) is 34.0 Å². The van der Waals surface area contributed by atoms with Gasteiger partial charge in [-0.1, -0.05) is 60.2 Å². The van der Waals surface area contributed by atoms with Gasteiger partial charge in [-0.25, -0.2) is 0 Å². The van der Waals surface area contributed by atoms with Crippen molar-refractivity contribution in [1.82, 2.24) is 4.57 Å². The topological polar surface area (TPSA) is 34.4 Å². The molecule has 1 aromatic heterocycles. The fourth-order valence-electron chi connectivity index (χ4n) is 3.05. The Kier molecular flexibility index (Phi) is 4.62. The van der Waals surface area contributed by atoms with Crippen LogP contribution in [0.15, 0.2) is 65.7 Å². The number of benzene rings is 3. The Bertz CT molecular complexity index is 1190. The van der Waals surface area contributed by atoms with Crippen molar-refractivity contribution in [3.63, 3.8) is 0 Å². The van der Waals surface area contributed by atoms with Crippen molar-refractivity contribution in [2.24, 2.45) is 4.99 Å². The zero-order chi connectivity index (χ0) is 18.1.